The maximum absolute atomic E-state index is 12.9. The average molecular weight is 452 g/mol. The highest BCUT2D eigenvalue weighted by molar-refractivity contribution is 7.89. The fourth-order valence-electron chi connectivity index (χ4n) is 2.97. The largest absolute Gasteiger partial charge is 0.451 e. The van der Waals surface area contributed by atoms with Crippen molar-refractivity contribution in [2.24, 2.45) is 5.14 Å². The Balaban J connectivity index is 1.80. The zero-order chi connectivity index (χ0) is 23.0. The van der Waals surface area contributed by atoms with Gasteiger partial charge in [-0.25, -0.2) is 13.6 Å². The fraction of sp³-hybridized carbons (Fsp3) is 0.190. The van der Waals surface area contributed by atoms with Crippen LogP contribution in [0.2, 0.25) is 0 Å². The van der Waals surface area contributed by atoms with Crippen LogP contribution in [0.4, 0.5) is 13.2 Å². The normalized spacial score (nSPS) is 13.1. The molecule has 0 aliphatic rings. The molecule has 0 fully saturated rings. The van der Waals surface area contributed by atoms with E-state index in [2.05, 4.69) is 0 Å². The molecule has 31 heavy (non-hydrogen) atoms. The van der Waals surface area contributed by atoms with E-state index in [1.807, 2.05) is 0 Å². The number of furan rings is 1. The van der Waals surface area contributed by atoms with Crippen LogP contribution in [-0.2, 0) is 16.2 Å². The lowest BCUT2D eigenvalue weighted by atomic mass is 10.1. The first-order valence-electron chi connectivity index (χ1n) is 9.05. The molecule has 3 rings (SSSR count). The van der Waals surface area contributed by atoms with E-state index in [1.54, 1.807) is 19.1 Å². The second-order valence-corrected chi connectivity index (χ2v) is 8.51. The number of benzene rings is 2. The quantitative estimate of drug-likeness (QED) is 0.619. The molecule has 1 unspecified atom stereocenters. The molecule has 0 bridgehead atoms. The van der Waals surface area contributed by atoms with Gasteiger partial charge in [-0.3, -0.25) is 4.79 Å². The number of alkyl halides is 3. The van der Waals surface area contributed by atoms with E-state index in [0.717, 1.165) is 12.1 Å². The summed E-state index contributed by atoms with van der Waals surface area (Å²) in [7, 11) is -2.29. The molecule has 1 aromatic heterocycles. The molecule has 1 heterocycles. The highest BCUT2D eigenvalue weighted by atomic mass is 32.2. The van der Waals surface area contributed by atoms with Gasteiger partial charge in [-0.1, -0.05) is 24.3 Å². The number of amides is 1. The second-order valence-electron chi connectivity index (χ2n) is 6.95. The van der Waals surface area contributed by atoms with Crippen LogP contribution in [0.1, 0.15) is 34.6 Å². The zero-order valence-electron chi connectivity index (χ0n) is 16.6. The molecular formula is C21H19F3N2O4S. The molecule has 0 spiro atoms. The summed E-state index contributed by atoms with van der Waals surface area (Å²) in [4.78, 5) is 14.1. The van der Waals surface area contributed by atoms with Gasteiger partial charge < -0.3 is 9.32 Å². The SMILES string of the molecule is CC(c1ccc(S(N)(=O)=O)cc1)N(C)C(=O)c1ccc(-c2cccc(C(F)(F)F)c2)o1. The van der Waals surface area contributed by atoms with Crippen LogP contribution in [0.3, 0.4) is 0 Å². The van der Waals surface area contributed by atoms with Crippen LogP contribution in [0, 0.1) is 0 Å². The average Bonchev–Trinajstić information content (AvgIpc) is 3.21. The standard InChI is InChI=1S/C21H19F3N2O4S/c1-13(14-6-8-17(9-7-14)31(25,28)29)26(2)20(27)19-11-10-18(30-19)15-4-3-5-16(12-15)21(22,23)24/h3-13H,1-2H3,(H2,25,28,29). The monoisotopic (exact) mass is 452 g/mol. The fourth-order valence-corrected chi connectivity index (χ4v) is 3.48. The van der Waals surface area contributed by atoms with Crippen LogP contribution in [0.15, 0.2) is 70.0 Å². The van der Waals surface area contributed by atoms with Gasteiger partial charge in [-0.05, 0) is 48.9 Å². The van der Waals surface area contributed by atoms with Crippen molar-refractivity contribution >= 4 is 15.9 Å². The Morgan fingerprint density at radius 3 is 2.29 bits per heavy atom. The molecule has 0 aliphatic carbocycles. The first-order chi connectivity index (χ1) is 14.4. The molecule has 2 aromatic carbocycles. The van der Waals surface area contributed by atoms with Crippen LogP contribution in [-0.4, -0.2) is 26.3 Å². The zero-order valence-corrected chi connectivity index (χ0v) is 17.4. The highest BCUT2D eigenvalue weighted by Crippen LogP contribution is 2.33. The summed E-state index contributed by atoms with van der Waals surface area (Å²) >= 11 is 0. The Kier molecular flexibility index (Phi) is 5.97. The third-order valence-electron chi connectivity index (χ3n) is 4.88. The van der Waals surface area contributed by atoms with Crippen LogP contribution >= 0.6 is 0 Å². The summed E-state index contributed by atoms with van der Waals surface area (Å²) in [5.41, 5.74) is 0.0408. The predicted octanol–water partition coefficient (Wildman–Crippen LogP) is 4.45. The third kappa shape index (κ3) is 4.97. The summed E-state index contributed by atoms with van der Waals surface area (Å²) in [6.07, 6.45) is -4.49. The van der Waals surface area contributed by atoms with E-state index in [0.29, 0.717) is 5.56 Å². The van der Waals surface area contributed by atoms with Gasteiger partial charge >= 0.3 is 6.18 Å². The van der Waals surface area contributed by atoms with Crippen molar-refractivity contribution in [2.75, 3.05) is 7.05 Å². The maximum Gasteiger partial charge on any atom is 0.416 e. The van der Waals surface area contributed by atoms with Gasteiger partial charge in [-0.2, -0.15) is 13.2 Å². The van der Waals surface area contributed by atoms with Crippen molar-refractivity contribution < 1.29 is 30.8 Å². The number of halogens is 3. The molecule has 0 aliphatic heterocycles. The summed E-state index contributed by atoms with van der Waals surface area (Å²) in [5.74, 6) is -0.392. The number of hydrogen-bond donors (Lipinski definition) is 1. The number of nitrogens with two attached hydrogens (primary N) is 1. The van der Waals surface area contributed by atoms with Gasteiger partial charge in [0.15, 0.2) is 5.76 Å². The predicted molar refractivity (Wildman–Crippen MR) is 107 cm³/mol. The van der Waals surface area contributed by atoms with Crippen LogP contribution < -0.4 is 5.14 Å². The Morgan fingerprint density at radius 1 is 1.06 bits per heavy atom. The number of nitrogens with zero attached hydrogens (tertiary/aromatic N) is 1. The van der Waals surface area contributed by atoms with Gasteiger partial charge in [0.1, 0.15) is 5.76 Å². The van der Waals surface area contributed by atoms with Crippen molar-refractivity contribution in [3.05, 3.63) is 77.6 Å². The summed E-state index contributed by atoms with van der Waals surface area (Å²) in [6.45, 7) is 1.74. The molecule has 164 valence electrons. The Labute approximate surface area is 177 Å². The van der Waals surface area contributed by atoms with Crippen molar-refractivity contribution in [3.8, 4) is 11.3 Å². The van der Waals surface area contributed by atoms with E-state index in [1.165, 1.54) is 48.3 Å². The van der Waals surface area contributed by atoms with Gasteiger partial charge in [0, 0.05) is 12.6 Å². The topological polar surface area (TPSA) is 93.6 Å². The van der Waals surface area contributed by atoms with Crippen molar-refractivity contribution in [3.63, 3.8) is 0 Å². The minimum Gasteiger partial charge on any atom is -0.451 e. The van der Waals surface area contributed by atoms with Gasteiger partial charge in [-0.15, -0.1) is 0 Å². The molecule has 6 nitrogen and oxygen atoms in total. The molecule has 0 radical (unpaired) electrons. The lowest BCUT2D eigenvalue weighted by Gasteiger charge is -2.24. The third-order valence-corrected chi connectivity index (χ3v) is 5.81. The maximum atomic E-state index is 12.9. The Morgan fingerprint density at radius 2 is 1.71 bits per heavy atom. The summed E-state index contributed by atoms with van der Waals surface area (Å²) < 4.78 is 67.1. The summed E-state index contributed by atoms with van der Waals surface area (Å²) in [6, 6.07) is 12.8. The highest BCUT2D eigenvalue weighted by Gasteiger charge is 2.31. The molecule has 1 atom stereocenters. The second kappa shape index (κ2) is 8.20. The molecule has 0 saturated heterocycles. The molecule has 0 saturated carbocycles. The minimum absolute atomic E-state index is 0.0390. The number of hydrogen-bond acceptors (Lipinski definition) is 4. The first kappa shape index (κ1) is 22.6. The first-order valence-corrected chi connectivity index (χ1v) is 10.6. The number of carbonyl (C=O) groups excluding carboxylic acids is 1. The van der Waals surface area contributed by atoms with Gasteiger partial charge in [0.05, 0.1) is 16.5 Å². The smallest absolute Gasteiger partial charge is 0.416 e. The Hall–Kier alpha value is -3.11. The molecule has 10 heteroatoms. The van der Waals surface area contributed by atoms with E-state index in [-0.39, 0.29) is 22.0 Å². The number of rotatable bonds is 5. The van der Waals surface area contributed by atoms with E-state index in [9.17, 15) is 26.4 Å². The number of carbonyl (C=O) groups is 1. The number of sulfonamides is 1. The van der Waals surface area contributed by atoms with Gasteiger partial charge in [0.25, 0.3) is 5.91 Å². The van der Waals surface area contributed by atoms with Gasteiger partial charge in [0.2, 0.25) is 10.0 Å². The van der Waals surface area contributed by atoms with E-state index < -0.39 is 33.7 Å². The molecule has 3 aromatic rings. The van der Waals surface area contributed by atoms with Crippen molar-refractivity contribution in [1.82, 2.24) is 4.90 Å². The van der Waals surface area contributed by atoms with Crippen molar-refractivity contribution in [2.45, 2.75) is 24.0 Å². The van der Waals surface area contributed by atoms with Crippen molar-refractivity contribution in [1.29, 1.82) is 0 Å². The molecular weight excluding hydrogens is 433 g/mol. The van der Waals surface area contributed by atoms with Crippen LogP contribution in [0.25, 0.3) is 11.3 Å². The molecule has 1 amide bonds. The summed E-state index contributed by atoms with van der Waals surface area (Å²) in [5, 5.41) is 5.08. The lowest BCUT2D eigenvalue weighted by molar-refractivity contribution is -0.137. The van der Waals surface area contributed by atoms with E-state index in [4.69, 9.17) is 9.56 Å². The van der Waals surface area contributed by atoms with Crippen LogP contribution in [0.5, 0.6) is 0 Å². The molecule has 2 N–H and O–H groups in total. The Bertz CT molecular complexity index is 1200. The lowest BCUT2D eigenvalue weighted by Crippen LogP contribution is -2.29. The van der Waals surface area contributed by atoms with E-state index >= 15 is 0 Å². The number of primary sulfonamides is 1. The minimum atomic E-state index is -4.49.